The fourth-order valence-corrected chi connectivity index (χ4v) is 2.89. The van der Waals surface area contributed by atoms with Gasteiger partial charge in [0.15, 0.2) is 5.69 Å². The van der Waals surface area contributed by atoms with Crippen molar-refractivity contribution in [1.82, 2.24) is 20.1 Å². The summed E-state index contributed by atoms with van der Waals surface area (Å²) in [5, 5.41) is 11.0. The van der Waals surface area contributed by atoms with Crippen LogP contribution >= 0.6 is 0 Å². The second-order valence-corrected chi connectivity index (χ2v) is 5.98. The van der Waals surface area contributed by atoms with Gasteiger partial charge in [-0.25, -0.2) is 4.52 Å². The Morgan fingerprint density at radius 1 is 1.55 bits per heavy atom. The molecule has 6 nitrogen and oxygen atoms in total. The molecule has 1 aliphatic rings. The molecule has 106 valence electrons. The molecule has 0 radical (unpaired) electrons. The largest absolute Gasteiger partial charge is 0.347 e. The van der Waals surface area contributed by atoms with E-state index in [4.69, 9.17) is 5.73 Å². The lowest BCUT2D eigenvalue weighted by atomic mass is 9.58. The second-order valence-electron chi connectivity index (χ2n) is 5.98. The van der Waals surface area contributed by atoms with Gasteiger partial charge in [-0.1, -0.05) is 25.1 Å². The van der Waals surface area contributed by atoms with Crippen LogP contribution < -0.4 is 11.1 Å². The molecule has 2 aromatic rings. The van der Waals surface area contributed by atoms with E-state index in [0.717, 1.165) is 11.9 Å². The molecule has 2 unspecified atom stereocenters. The Hall–Kier alpha value is -1.95. The number of carbonyl (C=O) groups excluding carboxylic acids is 1. The molecule has 3 rings (SSSR count). The first-order chi connectivity index (χ1) is 9.54. The van der Waals surface area contributed by atoms with Crippen molar-refractivity contribution in [1.29, 1.82) is 0 Å². The number of rotatable bonds is 3. The van der Waals surface area contributed by atoms with Crippen molar-refractivity contribution in [3.05, 3.63) is 30.1 Å². The number of carbonyl (C=O) groups is 1. The van der Waals surface area contributed by atoms with Gasteiger partial charge >= 0.3 is 0 Å². The maximum atomic E-state index is 12.3. The summed E-state index contributed by atoms with van der Waals surface area (Å²) in [6.07, 6.45) is 2.70. The first kappa shape index (κ1) is 13.1. The SMILES string of the molecule is CC1(C)C(CN)CC1NC(=O)c1nnn2ccccc12. The maximum absolute atomic E-state index is 12.3. The molecule has 1 amide bonds. The van der Waals surface area contributed by atoms with E-state index in [1.807, 2.05) is 18.2 Å². The molecule has 6 heteroatoms. The Morgan fingerprint density at radius 2 is 2.35 bits per heavy atom. The van der Waals surface area contributed by atoms with Crippen molar-refractivity contribution in [2.45, 2.75) is 26.3 Å². The molecular weight excluding hydrogens is 254 g/mol. The molecule has 0 bridgehead atoms. The van der Waals surface area contributed by atoms with Crippen molar-refractivity contribution in [2.75, 3.05) is 6.54 Å². The summed E-state index contributed by atoms with van der Waals surface area (Å²) >= 11 is 0. The Labute approximate surface area is 117 Å². The fraction of sp³-hybridized carbons (Fsp3) is 0.500. The zero-order valence-electron chi connectivity index (χ0n) is 11.7. The fourth-order valence-electron chi connectivity index (χ4n) is 2.89. The minimum atomic E-state index is -0.167. The van der Waals surface area contributed by atoms with Gasteiger partial charge in [-0.15, -0.1) is 5.10 Å². The number of nitrogens with two attached hydrogens (primary N) is 1. The molecule has 0 aliphatic heterocycles. The number of hydrogen-bond acceptors (Lipinski definition) is 4. The third-order valence-corrected chi connectivity index (χ3v) is 4.60. The quantitative estimate of drug-likeness (QED) is 0.867. The predicted octanol–water partition coefficient (Wildman–Crippen LogP) is 0.833. The van der Waals surface area contributed by atoms with Gasteiger partial charge in [-0.2, -0.15) is 0 Å². The summed E-state index contributed by atoms with van der Waals surface area (Å²) in [6, 6.07) is 5.70. The van der Waals surface area contributed by atoms with Gasteiger partial charge in [0.25, 0.3) is 5.91 Å². The van der Waals surface area contributed by atoms with Crippen molar-refractivity contribution >= 4 is 11.4 Å². The van der Waals surface area contributed by atoms with Gasteiger partial charge < -0.3 is 11.1 Å². The van der Waals surface area contributed by atoms with Crippen LogP contribution in [-0.2, 0) is 0 Å². The average Bonchev–Trinajstić information content (AvgIpc) is 2.86. The lowest BCUT2D eigenvalue weighted by molar-refractivity contribution is 0.0199. The van der Waals surface area contributed by atoms with Crippen LogP contribution in [0.5, 0.6) is 0 Å². The molecule has 1 fully saturated rings. The molecule has 20 heavy (non-hydrogen) atoms. The number of hydrogen-bond donors (Lipinski definition) is 2. The zero-order chi connectivity index (χ0) is 14.3. The highest BCUT2D eigenvalue weighted by Gasteiger charge is 2.48. The van der Waals surface area contributed by atoms with Crippen LogP contribution in [0.3, 0.4) is 0 Å². The van der Waals surface area contributed by atoms with E-state index in [0.29, 0.717) is 18.2 Å². The van der Waals surface area contributed by atoms with E-state index in [1.165, 1.54) is 0 Å². The first-order valence-electron chi connectivity index (χ1n) is 6.85. The van der Waals surface area contributed by atoms with E-state index in [1.54, 1.807) is 10.7 Å². The molecule has 1 aliphatic carbocycles. The Balaban J connectivity index is 1.78. The van der Waals surface area contributed by atoms with Gasteiger partial charge in [0, 0.05) is 12.2 Å². The van der Waals surface area contributed by atoms with Crippen molar-refractivity contribution in [3.63, 3.8) is 0 Å². The molecule has 0 aromatic carbocycles. The zero-order valence-corrected chi connectivity index (χ0v) is 11.7. The molecular formula is C14H19N5O. The highest BCUT2D eigenvalue weighted by Crippen LogP contribution is 2.45. The summed E-state index contributed by atoms with van der Waals surface area (Å²) < 4.78 is 1.60. The van der Waals surface area contributed by atoms with Gasteiger partial charge in [0.1, 0.15) is 0 Å². The minimum absolute atomic E-state index is 0.0351. The van der Waals surface area contributed by atoms with Crippen LogP contribution in [0.15, 0.2) is 24.4 Å². The molecule has 0 saturated heterocycles. The van der Waals surface area contributed by atoms with Gasteiger partial charge in [-0.3, -0.25) is 4.79 Å². The lowest BCUT2D eigenvalue weighted by Crippen LogP contribution is -2.60. The molecule has 3 N–H and O–H groups in total. The van der Waals surface area contributed by atoms with Crippen LogP contribution in [0.1, 0.15) is 30.8 Å². The monoisotopic (exact) mass is 273 g/mol. The van der Waals surface area contributed by atoms with E-state index in [-0.39, 0.29) is 17.4 Å². The number of nitrogens with zero attached hydrogens (tertiary/aromatic N) is 3. The van der Waals surface area contributed by atoms with Gasteiger partial charge in [-0.05, 0) is 36.4 Å². The lowest BCUT2D eigenvalue weighted by Gasteiger charge is -2.52. The Morgan fingerprint density at radius 3 is 3.05 bits per heavy atom. The molecule has 2 atom stereocenters. The summed E-state index contributed by atoms with van der Waals surface area (Å²) in [5.74, 6) is 0.296. The van der Waals surface area contributed by atoms with Crippen molar-refractivity contribution in [2.24, 2.45) is 17.1 Å². The van der Waals surface area contributed by atoms with Crippen LogP contribution in [0.25, 0.3) is 5.52 Å². The van der Waals surface area contributed by atoms with Crippen LogP contribution in [0.4, 0.5) is 0 Å². The molecule has 1 saturated carbocycles. The predicted molar refractivity (Wildman–Crippen MR) is 75.2 cm³/mol. The minimum Gasteiger partial charge on any atom is -0.347 e. The third kappa shape index (κ3) is 1.87. The number of amides is 1. The van der Waals surface area contributed by atoms with E-state index >= 15 is 0 Å². The molecule has 2 aromatic heterocycles. The summed E-state index contributed by atoms with van der Waals surface area (Å²) in [6.45, 7) is 4.94. The van der Waals surface area contributed by atoms with Crippen LogP contribution in [-0.4, -0.2) is 33.3 Å². The van der Waals surface area contributed by atoms with Crippen molar-refractivity contribution < 1.29 is 4.79 Å². The number of pyridine rings is 1. The van der Waals surface area contributed by atoms with Gasteiger partial charge in [0.2, 0.25) is 0 Å². The number of fused-ring (bicyclic) bond motifs is 1. The van der Waals surface area contributed by atoms with E-state index in [2.05, 4.69) is 29.5 Å². The number of aromatic nitrogens is 3. The van der Waals surface area contributed by atoms with E-state index in [9.17, 15) is 4.79 Å². The average molecular weight is 273 g/mol. The summed E-state index contributed by atoms with van der Waals surface area (Å²) in [7, 11) is 0. The first-order valence-corrected chi connectivity index (χ1v) is 6.85. The molecule has 2 heterocycles. The second kappa shape index (κ2) is 4.56. The Kier molecular flexibility index (Phi) is 2.97. The highest BCUT2D eigenvalue weighted by molar-refractivity contribution is 5.98. The van der Waals surface area contributed by atoms with Crippen LogP contribution in [0, 0.1) is 11.3 Å². The molecule has 0 spiro atoms. The Bertz CT molecular complexity index is 648. The summed E-state index contributed by atoms with van der Waals surface area (Å²) in [4.78, 5) is 12.3. The van der Waals surface area contributed by atoms with Gasteiger partial charge in [0.05, 0.1) is 5.52 Å². The van der Waals surface area contributed by atoms with Crippen molar-refractivity contribution in [3.8, 4) is 0 Å². The topological polar surface area (TPSA) is 85.3 Å². The summed E-state index contributed by atoms with van der Waals surface area (Å²) in [5.41, 5.74) is 6.86. The maximum Gasteiger partial charge on any atom is 0.274 e. The highest BCUT2D eigenvalue weighted by atomic mass is 16.2. The normalized spacial score (nSPS) is 24.4. The van der Waals surface area contributed by atoms with Crippen LogP contribution in [0.2, 0.25) is 0 Å². The number of nitrogens with one attached hydrogen (secondary N) is 1. The third-order valence-electron chi connectivity index (χ3n) is 4.60. The standard InChI is InChI=1S/C14H19N5O/c1-14(2)9(8-15)7-11(14)16-13(20)12-10-5-3-4-6-19(10)18-17-12/h3-6,9,11H,7-8,15H2,1-2H3,(H,16,20). The van der Waals surface area contributed by atoms with E-state index < -0.39 is 0 Å². The smallest absolute Gasteiger partial charge is 0.274 e.